The fraction of sp³-hybridized carbons (Fsp3) is 0.105. The first-order valence-electron chi connectivity index (χ1n) is 7.20. The fourth-order valence-corrected chi connectivity index (χ4v) is 3.25. The molecule has 0 fully saturated rings. The molecule has 1 atom stereocenters. The van der Waals surface area contributed by atoms with E-state index in [9.17, 15) is 4.79 Å². The van der Waals surface area contributed by atoms with Crippen molar-refractivity contribution in [1.82, 2.24) is 0 Å². The van der Waals surface area contributed by atoms with Crippen LogP contribution < -0.4 is 5.43 Å². The molecule has 0 saturated carbocycles. The Hall–Kier alpha value is -2.32. The van der Waals surface area contributed by atoms with E-state index in [0.717, 1.165) is 22.8 Å². The van der Waals surface area contributed by atoms with Crippen LogP contribution in [0.25, 0.3) is 27.3 Å². The number of hydrogen-bond acceptors (Lipinski definition) is 2. The molecule has 4 rings (SSSR count). The van der Waals surface area contributed by atoms with Crippen LogP contribution in [-0.2, 0) is 0 Å². The summed E-state index contributed by atoms with van der Waals surface area (Å²) in [4.78, 5) is 13.0. The second kappa shape index (κ2) is 5.15. The highest BCUT2D eigenvalue weighted by molar-refractivity contribution is 6.27. The van der Waals surface area contributed by atoms with Gasteiger partial charge in [0.15, 0.2) is 0 Å². The molecule has 3 heteroatoms. The lowest BCUT2D eigenvalue weighted by Gasteiger charge is -2.15. The topological polar surface area (TPSA) is 30.2 Å². The van der Waals surface area contributed by atoms with Crippen molar-refractivity contribution in [2.75, 3.05) is 0 Å². The first-order valence-corrected chi connectivity index (χ1v) is 7.64. The molecule has 3 aromatic rings. The number of halogens is 1. The van der Waals surface area contributed by atoms with Crippen molar-refractivity contribution < 1.29 is 4.42 Å². The van der Waals surface area contributed by atoms with Crippen LogP contribution in [0.5, 0.6) is 0 Å². The Bertz CT molecular complexity index is 995. The minimum Gasteiger partial charge on any atom is -0.463 e. The lowest BCUT2D eigenvalue weighted by molar-refractivity contribution is 0.600. The summed E-state index contributed by atoms with van der Waals surface area (Å²) in [6.45, 7) is 0. The number of fused-ring (bicyclic) bond motifs is 3. The van der Waals surface area contributed by atoms with Crippen LogP contribution in [0.15, 0.2) is 70.1 Å². The zero-order valence-electron chi connectivity index (χ0n) is 11.8. The van der Waals surface area contributed by atoms with E-state index in [1.807, 2.05) is 54.6 Å². The largest absolute Gasteiger partial charge is 0.463 e. The molecule has 0 N–H and O–H groups in total. The third-order valence-electron chi connectivity index (χ3n) is 4.07. The Balaban J connectivity index is 2.09. The standard InChI is InChI=1S/C19H13ClO2/c20-16-8-4-3-7-14(16)15-11-22-17-10-9-12-5-1-2-6-13(12)18(17)19(15)21/h1-7,9-11,16H,8H2. The zero-order chi connectivity index (χ0) is 15.1. The molecule has 1 aromatic heterocycles. The monoisotopic (exact) mass is 308 g/mol. The second-order valence-corrected chi connectivity index (χ2v) is 5.92. The number of rotatable bonds is 1. The summed E-state index contributed by atoms with van der Waals surface area (Å²) < 4.78 is 5.71. The van der Waals surface area contributed by atoms with Gasteiger partial charge in [-0.3, -0.25) is 4.79 Å². The van der Waals surface area contributed by atoms with Crippen molar-refractivity contribution in [3.63, 3.8) is 0 Å². The number of allylic oxidation sites excluding steroid dienone is 4. The maximum absolute atomic E-state index is 13.0. The average molecular weight is 309 g/mol. The first kappa shape index (κ1) is 13.4. The highest BCUT2D eigenvalue weighted by Crippen LogP contribution is 2.29. The van der Waals surface area contributed by atoms with Crippen molar-refractivity contribution in [3.05, 3.63) is 76.7 Å². The van der Waals surface area contributed by atoms with Crippen molar-refractivity contribution in [2.24, 2.45) is 0 Å². The molecule has 2 aromatic carbocycles. The number of hydrogen-bond donors (Lipinski definition) is 0. The Morgan fingerprint density at radius 3 is 2.86 bits per heavy atom. The third-order valence-corrected chi connectivity index (χ3v) is 4.48. The summed E-state index contributed by atoms with van der Waals surface area (Å²) in [7, 11) is 0. The SMILES string of the molecule is O=c1c(C2=CC=CCC2Cl)coc2ccc3ccccc3c12. The van der Waals surface area contributed by atoms with E-state index in [0.29, 0.717) is 16.5 Å². The maximum atomic E-state index is 13.0. The molecule has 0 bridgehead atoms. The minimum absolute atomic E-state index is 0.0229. The highest BCUT2D eigenvalue weighted by Gasteiger charge is 2.19. The Labute approximate surface area is 132 Å². The van der Waals surface area contributed by atoms with Gasteiger partial charge in [-0.05, 0) is 28.8 Å². The van der Waals surface area contributed by atoms with Crippen LogP contribution in [-0.4, -0.2) is 5.38 Å². The number of alkyl halides is 1. The van der Waals surface area contributed by atoms with Crippen molar-refractivity contribution >= 4 is 38.9 Å². The molecule has 1 heterocycles. The normalized spacial score (nSPS) is 17.9. The molecule has 1 aliphatic rings. The lowest BCUT2D eigenvalue weighted by atomic mass is 9.96. The van der Waals surface area contributed by atoms with Gasteiger partial charge in [0, 0.05) is 0 Å². The lowest BCUT2D eigenvalue weighted by Crippen LogP contribution is -2.14. The van der Waals surface area contributed by atoms with E-state index < -0.39 is 0 Å². The third kappa shape index (κ3) is 1.99. The molecular weight excluding hydrogens is 296 g/mol. The molecule has 22 heavy (non-hydrogen) atoms. The summed E-state index contributed by atoms with van der Waals surface area (Å²) in [6, 6.07) is 11.6. The van der Waals surface area contributed by atoms with E-state index in [2.05, 4.69) is 0 Å². The van der Waals surface area contributed by atoms with E-state index in [1.54, 1.807) is 0 Å². The summed E-state index contributed by atoms with van der Waals surface area (Å²) in [5, 5.41) is 2.36. The van der Waals surface area contributed by atoms with Gasteiger partial charge in [0.1, 0.15) is 11.8 Å². The Kier molecular flexibility index (Phi) is 3.12. The highest BCUT2D eigenvalue weighted by atomic mass is 35.5. The predicted octanol–water partition coefficient (Wildman–Crippen LogP) is 4.90. The van der Waals surface area contributed by atoms with Crippen LogP contribution in [0, 0.1) is 0 Å². The van der Waals surface area contributed by atoms with Crippen molar-refractivity contribution in [1.29, 1.82) is 0 Å². The Morgan fingerprint density at radius 1 is 1.14 bits per heavy atom. The second-order valence-electron chi connectivity index (χ2n) is 5.39. The molecule has 0 radical (unpaired) electrons. The number of benzene rings is 2. The molecule has 0 saturated heterocycles. The van der Waals surface area contributed by atoms with Crippen LogP contribution >= 0.6 is 11.6 Å². The van der Waals surface area contributed by atoms with Gasteiger partial charge in [-0.2, -0.15) is 0 Å². The van der Waals surface area contributed by atoms with Gasteiger partial charge in [0.2, 0.25) is 5.43 Å². The van der Waals surface area contributed by atoms with Gasteiger partial charge in [-0.1, -0.05) is 48.6 Å². The molecule has 0 aliphatic heterocycles. The van der Waals surface area contributed by atoms with Crippen LogP contribution in [0.1, 0.15) is 12.0 Å². The molecular formula is C19H13ClO2. The zero-order valence-corrected chi connectivity index (χ0v) is 12.5. The summed E-state index contributed by atoms with van der Waals surface area (Å²) in [5.74, 6) is 0. The smallest absolute Gasteiger partial charge is 0.200 e. The van der Waals surface area contributed by atoms with Crippen molar-refractivity contribution in [3.8, 4) is 0 Å². The van der Waals surface area contributed by atoms with Crippen molar-refractivity contribution in [2.45, 2.75) is 11.8 Å². The molecule has 108 valence electrons. The van der Waals surface area contributed by atoms with Gasteiger partial charge in [-0.15, -0.1) is 11.6 Å². The summed E-state index contributed by atoms with van der Waals surface area (Å²) in [5.41, 5.74) is 1.96. The maximum Gasteiger partial charge on any atom is 0.200 e. The van der Waals surface area contributed by atoms with E-state index in [-0.39, 0.29) is 10.8 Å². The Morgan fingerprint density at radius 2 is 2.00 bits per heavy atom. The van der Waals surface area contributed by atoms with Crippen LogP contribution in [0.3, 0.4) is 0 Å². The van der Waals surface area contributed by atoms with Gasteiger partial charge in [0.25, 0.3) is 0 Å². The van der Waals surface area contributed by atoms with E-state index in [4.69, 9.17) is 16.0 Å². The van der Waals surface area contributed by atoms with E-state index >= 15 is 0 Å². The quantitative estimate of drug-likeness (QED) is 0.473. The first-order chi connectivity index (χ1) is 10.8. The molecule has 1 unspecified atom stereocenters. The van der Waals surface area contributed by atoms with Gasteiger partial charge < -0.3 is 4.42 Å². The van der Waals surface area contributed by atoms with Gasteiger partial charge in [0.05, 0.1) is 16.3 Å². The van der Waals surface area contributed by atoms with Gasteiger partial charge >= 0.3 is 0 Å². The van der Waals surface area contributed by atoms with Gasteiger partial charge in [-0.25, -0.2) is 0 Å². The summed E-state index contributed by atoms with van der Waals surface area (Å²) in [6.07, 6.45) is 8.07. The molecule has 1 aliphatic carbocycles. The average Bonchev–Trinajstić information content (AvgIpc) is 2.56. The fourth-order valence-electron chi connectivity index (χ4n) is 2.95. The van der Waals surface area contributed by atoms with E-state index in [1.165, 1.54) is 6.26 Å². The molecule has 0 spiro atoms. The minimum atomic E-state index is -0.194. The van der Waals surface area contributed by atoms with Crippen LogP contribution in [0.4, 0.5) is 0 Å². The molecule has 0 amide bonds. The summed E-state index contributed by atoms with van der Waals surface area (Å²) >= 11 is 6.36. The van der Waals surface area contributed by atoms with Crippen LogP contribution in [0.2, 0.25) is 0 Å². The molecule has 2 nitrogen and oxygen atoms in total. The predicted molar refractivity (Wildman–Crippen MR) is 91.4 cm³/mol.